The zero-order chi connectivity index (χ0) is 13.0. The molecule has 0 aliphatic heterocycles. The summed E-state index contributed by atoms with van der Waals surface area (Å²) in [4.78, 5) is 13.1. The number of thiophene rings is 1. The molecule has 0 spiro atoms. The third-order valence-electron chi connectivity index (χ3n) is 2.66. The minimum absolute atomic E-state index is 0.0102. The number of hydrogen-bond acceptors (Lipinski definition) is 2. The highest BCUT2D eigenvalue weighted by Crippen LogP contribution is 2.19. The molecule has 0 saturated carbocycles. The summed E-state index contributed by atoms with van der Waals surface area (Å²) >= 11 is 7.67. The van der Waals surface area contributed by atoms with Gasteiger partial charge in [-0.25, -0.2) is 0 Å². The maximum atomic E-state index is 11.9. The third-order valence-corrected chi connectivity index (χ3v) is 4.08. The molecule has 2 aromatic rings. The van der Waals surface area contributed by atoms with E-state index in [1.54, 1.807) is 17.4 Å². The van der Waals surface area contributed by atoms with Crippen LogP contribution in [0.15, 0.2) is 41.8 Å². The van der Waals surface area contributed by atoms with E-state index in [1.165, 1.54) is 0 Å². The monoisotopic (exact) mass is 279 g/mol. The molecule has 0 radical (unpaired) electrons. The first-order chi connectivity index (χ1) is 8.66. The Morgan fingerprint density at radius 1 is 1.33 bits per heavy atom. The molecule has 2 nitrogen and oxygen atoms in total. The largest absolute Gasteiger partial charge is 0.348 e. The van der Waals surface area contributed by atoms with Crippen molar-refractivity contribution in [2.45, 2.75) is 19.4 Å². The minimum atomic E-state index is -0.0102. The summed E-state index contributed by atoms with van der Waals surface area (Å²) in [5, 5.41) is 5.61. The van der Waals surface area contributed by atoms with Gasteiger partial charge in [-0.2, -0.15) is 0 Å². The number of carbonyl (C=O) groups excluding carboxylic acids is 1. The van der Waals surface area contributed by atoms with E-state index in [4.69, 9.17) is 11.6 Å². The van der Waals surface area contributed by atoms with Gasteiger partial charge < -0.3 is 5.32 Å². The van der Waals surface area contributed by atoms with Crippen molar-refractivity contribution in [2.75, 3.05) is 0 Å². The molecule has 1 amide bonds. The third kappa shape index (κ3) is 3.34. The SMILES string of the molecule is CC(NC(=O)Cc1ccccc1Cl)c1cccs1. The Morgan fingerprint density at radius 3 is 2.78 bits per heavy atom. The van der Waals surface area contributed by atoms with Crippen LogP contribution >= 0.6 is 22.9 Å². The van der Waals surface area contributed by atoms with Gasteiger partial charge in [0, 0.05) is 9.90 Å². The van der Waals surface area contributed by atoms with Crippen molar-refractivity contribution in [3.8, 4) is 0 Å². The van der Waals surface area contributed by atoms with E-state index >= 15 is 0 Å². The van der Waals surface area contributed by atoms with Crippen molar-refractivity contribution in [2.24, 2.45) is 0 Å². The molecule has 1 atom stereocenters. The van der Waals surface area contributed by atoms with Gasteiger partial charge in [-0.15, -0.1) is 11.3 Å². The van der Waals surface area contributed by atoms with Gasteiger partial charge >= 0.3 is 0 Å². The van der Waals surface area contributed by atoms with Crippen molar-refractivity contribution in [3.63, 3.8) is 0 Å². The lowest BCUT2D eigenvalue weighted by molar-refractivity contribution is -0.121. The lowest BCUT2D eigenvalue weighted by Crippen LogP contribution is -2.27. The van der Waals surface area contributed by atoms with Crippen LogP contribution in [0.3, 0.4) is 0 Å². The van der Waals surface area contributed by atoms with Crippen LogP contribution in [0.5, 0.6) is 0 Å². The molecule has 1 N–H and O–H groups in total. The standard InChI is InChI=1S/C14H14ClNOS/c1-10(13-7-4-8-18-13)16-14(17)9-11-5-2-3-6-12(11)15/h2-8,10H,9H2,1H3,(H,16,17). The molecule has 0 saturated heterocycles. The van der Waals surface area contributed by atoms with Crippen LogP contribution < -0.4 is 5.32 Å². The van der Waals surface area contributed by atoms with Crippen LogP contribution in [0.25, 0.3) is 0 Å². The molecule has 0 aliphatic rings. The fourth-order valence-corrected chi connectivity index (χ4v) is 2.65. The lowest BCUT2D eigenvalue weighted by Gasteiger charge is -2.12. The molecule has 4 heteroatoms. The van der Waals surface area contributed by atoms with E-state index in [0.29, 0.717) is 11.4 Å². The summed E-state index contributed by atoms with van der Waals surface area (Å²) < 4.78 is 0. The molecule has 94 valence electrons. The number of amides is 1. The van der Waals surface area contributed by atoms with Crippen LogP contribution in [-0.2, 0) is 11.2 Å². The molecule has 2 rings (SSSR count). The Kier molecular flexibility index (Phi) is 4.39. The van der Waals surface area contributed by atoms with Crippen molar-refractivity contribution in [1.82, 2.24) is 5.32 Å². The van der Waals surface area contributed by atoms with Crippen molar-refractivity contribution >= 4 is 28.8 Å². The van der Waals surface area contributed by atoms with E-state index in [1.807, 2.05) is 42.6 Å². The molecule has 0 fully saturated rings. The minimum Gasteiger partial charge on any atom is -0.348 e. The van der Waals surface area contributed by atoms with Gasteiger partial charge in [0.05, 0.1) is 12.5 Å². The molecular formula is C14H14ClNOS. The Bertz CT molecular complexity index is 524. The average molecular weight is 280 g/mol. The smallest absolute Gasteiger partial charge is 0.224 e. The number of nitrogens with one attached hydrogen (secondary N) is 1. The van der Waals surface area contributed by atoms with Crippen molar-refractivity contribution < 1.29 is 4.79 Å². The summed E-state index contributed by atoms with van der Waals surface area (Å²) in [5.74, 6) is -0.0102. The van der Waals surface area contributed by atoms with Gasteiger partial charge in [0.2, 0.25) is 5.91 Å². The van der Waals surface area contributed by atoms with Crippen LogP contribution in [0.2, 0.25) is 5.02 Å². The first-order valence-corrected chi connectivity index (χ1v) is 6.99. The second-order valence-corrected chi connectivity index (χ2v) is 5.46. The van der Waals surface area contributed by atoms with Gasteiger partial charge in [0.15, 0.2) is 0 Å². The molecule has 1 aromatic carbocycles. The number of hydrogen-bond donors (Lipinski definition) is 1. The molecule has 18 heavy (non-hydrogen) atoms. The van der Waals surface area contributed by atoms with Crippen molar-refractivity contribution in [3.05, 3.63) is 57.2 Å². The average Bonchev–Trinajstić information content (AvgIpc) is 2.85. The highest BCUT2D eigenvalue weighted by molar-refractivity contribution is 7.10. The quantitative estimate of drug-likeness (QED) is 0.906. The van der Waals surface area contributed by atoms with Gasteiger partial charge in [0.1, 0.15) is 0 Å². The maximum Gasteiger partial charge on any atom is 0.224 e. The summed E-state index contributed by atoms with van der Waals surface area (Å²) in [6.07, 6.45) is 0.315. The summed E-state index contributed by atoms with van der Waals surface area (Å²) in [6.45, 7) is 1.98. The number of carbonyl (C=O) groups is 1. The fraction of sp³-hybridized carbons (Fsp3) is 0.214. The first kappa shape index (κ1) is 13.1. The van der Waals surface area contributed by atoms with Gasteiger partial charge in [0.25, 0.3) is 0 Å². The lowest BCUT2D eigenvalue weighted by atomic mass is 10.1. The van der Waals surface area contributed by atoms with E-state index in [2.05, 4.69) is 5.32 Å². The zero-order valence-electron chi connectivity index (χ0n) is 10.0. The van der Waals surface area contributed by atoms with E-state index < -0.39 is 0 Å². The van der Waals surface area contributed by atoms with Crippen LogP contribution in [-0.4, -0.2) is 5.91 Å². The fourth-order valence-electron chi connectivity index (χ4n) is 1.72. The molecule has 1 unspecified atom stereocenters. The predicted octanol–water partition coefficient (Wildman–Crippen LogP) is 3.82. The Balaban J connectivity index is 1.95. The summed E-state index contributed by atoms with van der Waals surface area (Å²) in [5.41, 5.74) is 0.857. The van der Waals surface area contributed by atoms with E-state index in [9.17, 15) is 4.79 Å². The zero-order valence-corrected chi connectivity index (χ0v) is 11.6. The van der Waals surface area contributed by atoms with Crippen molar-refractivity contribution in [1.29, 1.82) is 0 Å². The molecule has 0 bridgehead atoms. The van der Waals surface area contributed by atoms with Crippen LogP contribution in [0.4, 0.5) is 0 Å². The second kappa shape index (κ2) is 6.03. The van der Waals surface area contributed by atoms with E-state index in [-0.39, 0.29) is 11.9 Å². The summed E-state index contributed by atoms with van der Waals surface area (Å²) in [6, 6.07) is 11.5. The molecule has 1 aromatic heterocycles. The number of benzene rings is 1. The number of halogens is 1. The maximum absolute atomic E-state index is 11.9. The van der Waals surface area contributed by atoms with Gasteiger partial charge in [-0.3, -0.25) is 4.79 Å². The Hall–Kier alpha value is -1.32. The Labute approximate surface area is 116 Å². The number of rotatable bonds is 4. The molecule has 0 aliphatic carbocycles. The van der Waals surface area contributed by atoms with E-state index in [0.717, 1.165) is 10.4 Å². The van der Waals surface area contributed by atoms with Crippen LogP contribution in [0.1, 0.15) is 23.4 Å². The predicted molar refractivity (Wildman–Crippen MR) is 76.0 cm³/mol. The molecule has 1 heterocycles. The van der Waals surface area contributed by atoms with Crippen LogP contribution in [0, 0.1) is 0 Å². The van der Waals surface area contributed by atoms with Gasteiger partial charge in [-0.1, -0.05) is 35.9 Å². The normalized spacial score (nSPS) is 12.1. The highest BCUT2D eigenvalue weighted by Gasteiger charge is 2.11. The molecular weight excluding hydrogens is 266 g/mol. The topological polar surface area (TPSA) is 29.1 Å². The summed E-state index contributed by atoms with van der Waals surface area (Å²) in [7, 11) is 0. The first-order valence-electron chi connectivity index (χ1n) is 5.73. The van der Waals surface area contributed by atoms with Gasteiger partial charge in [-0.05, 0) is 30.0 Å². The Morgan fingerprint density at radius 2 is 2.11 bits per heavy atom. The second-order valence-electron chi connectivity index (χ2n) is 4.07. The highest BCUT2D eigenvalue weighted by atomic mass is 35.5.